The van der Waals surface area contributed by atoms with Crippen LogP contribution >= 0.6 is 0 Å². The minimum Gasteiger partial charge on any atom is -0.339 e. The van der Waals surface area contributed by atoms with Crippen LogP contribution in [0, 0.1) is 0 Å². The van der Waals surface area contributed by atoms with Crippen LogP contribution in [0.1, 0.15) is 24.2 Å². The maximum absolute atomic E-state index is 12.3. The summed E-state index contributed by atoms with van der Waals surface area (Å²) in [7, 11) is 1.84. The van der Waals surface area contributed by atoms with Gasteiger partial charge in [-0.2, -0.15) is 0 Å². The molecule has 0 bridgehead atoms. The van der Waals surface area contributed by atoms with E-state index in [1.165, 1.54) is 0 Å². The van der Waals surface area contributed by atoms with Gasteiger partial charge in [0.1, 0.15) is 0 Å². The fourth-order valence-electron chi connectivity index (χ4n) is 1.84. The zero-order valence-electron chi connectivity index (χ0n) is 10.5. The standard InChI is InChI=1S/C15H17NO/c1-11(2)16(3)15(17)14-10-6-8-12-7-4-5-9-13(12)14/h4-11H,1-3H3. The summed E-state index contributed by atoms with van der Waals surface area (Å²) in [6.45, 7) is 4.03. The maximum Gasteiger partial charge on any atom is 0.254 e. The van der Waals surface area contributed by atoms with Crippen LogP contribution in [0.3, 0.4) is 0 Å². The van der Waals surface area contributed by atoms with E-state index in [-0.39, 0.29) is 11.9 Å². The molecule has 0 aliphatic rings. The van der Waals surface area contributed by atoms with Gasteiger partial charge in [0, 0.05) is 18.7 Å². The van der Waals surface area contributed by atoms with E-state index in [1.807, 2.05) is 63.4 Å². The second kappa shape index (κ2) is 4.58. The van der Waals surface area contributed by atoms with Crippen molar-refractivity contribution in [3.05, 3.63) is 48.0 Å². The van der Waals surface area contributed by atoms with E-state index < -0.39 is 0 Å². The first kappa shape index (κ1) is 11.6. The molecule has 0 saturated carbocycles. The van der Waals surface area contributed by atoms with E-state index in [0.29, 0.717) is 0 Å². The van der Waals surface area contributed by atoms with Crippen molar-refractivity contribution in [1.82, 2.24) is 4.90 Å². The molecule has 2 heteroatoms. The lowest BCUT2D eigenvalue weighted by atomic mass is 10.0. The van der Waals surface area contributed by atoms with Crippen LogP contribution in [0.5, 0.6) is 0 Å². The van der Waals surface area contributed by atoms with Crippen molar-refractivity contribution in [2.45, 2.75) is 19.9 Å². The zero-order valence-corrected chi connectivity index (χ0v) is 10.5. The highest BCUT2D eigenvalue weighted by atomic mass is 16.2. The van der Waals surface area contributed by atoms with Crippen molar-refractivity contribution < 1.29 is 4.79 Å². The Balaban J connectivity index is 2.52. The van der Waals surface area contributed by atoms with Crippen molar-refractivity contribution >= 4 is 16.7 Å². The molecule has 0 atom stereocenters. The zero-order chi connectivity index (χ0) is 12.4. The average molecular weight is 227 g/mol. The summed E-state index contributed by atoms with van der Waals surface area (Å²) in [5.74, 6) is 0.0804. The number of hydrogen-bond acceptors (Lipinski definition) is 1. The van der Waals surface area contributed by atoms with E-state index >= 15 is 0 Å². The Morgan fingerprint density at radius 3 is 2.41 bits per heavy atom. The number of carbonyl (C=O) groups is 1. The number of benzene rings is 2. The van der Waals surface area contributed by atoms with Gasteiger partial charge in [0.2, 0.25) is 0 Å². The van der Waals surface area contributed by atoms with Gasteiger partial charge in [0.05, 0.1) is 0 Å². The second-order valence-corrected chi connectivity index (χ2v) is 4.54. The highest BCUT2D eigenvalue weighted by molar-refractivity contribution is 6.06. The van der Waals surface area contributed by atoms with E-state index in [1.54, 1.807) is 4.90 Å². The summed E-state index contributed by atoms with van der Waals surface area (Å²) in [6, 6.07) is 14.0. The van der Waals surface area contributed by atoms with Gasteiger partial charge in [-0.1, -0.05) is 36.4 Å². The Morgan fingerprint density at radius 1 is 1.06 bits per heavy atom. The molecule has 0 heterocycles. The first-order chi connectivity index (χ1) is 8.11. The molecule has 0 aliphatic heterocycles. The number of hydrogen-bond donors (Lipinski definition) is 0. The van der Waals surface area contributed by atoms with Gasteiger partial charge in [-0.25, -0.2) is 0 Å². The molecule has 1 amide bonds. The third-order valence-corrected chi connectivity index (χ3v) is 3.11. The molecule has 0 fully saturated rings. The molecule has 17 heavy (non-hydrogen) atoms. The first-order valence-electron chi connectivity index (χ1n) is 5.86. The van der Waals surface area contributed by atoms with Crippen LogP contribution in [-0.4, -0.2) is 23.9 Å². The van der Waals surface area contributed by atoms with Crippen LogP contribution in [0.15, 0.2) is 42.5 Å². The Kier molecular flexibility index (Phi) is 3.14. The fraction of sp³-hybridized carbons (Fsp3) is 0.267. The van der Waals surface area contributed by atoms with Crippen LogP contribution in [-0.2, 0) is 0 Å². The van der Waals surface area contributed by atoms with E-state index in [2.05, 4.69) is 0 Å². The van der Waals surface area contributed by atoms with Gasteiger partial charge < -0.3 is 4.90 Å². The second-order valence-electron chi connectivity index (χ2n) is 4.54. The van der Waals surface area contributed by atoms with E-state index in [9.17, 15) is 4.79 Å². The molecule has 0 aliphatic carbocycles. The molecule has 0 radical (unpaired) electrons. The molecule has 0 spiro atoms. The van der Waals surface area contributed by atoms with E-state index in [4.69, 9.17) is 0 Å². The number of fused-ring (bicyclic) bond motifs is 1. The summed E-state index contributed by atoms with van der Waals surface area (Å²) in [6.07, 6.45) is 0. The first-order valence-corrected chi connectivity index (χ1v) is 5.86. The maximum atomic E-state index is 12.3. The van der Waals surface area contributed by atoms with Crippen molar-refractivity contribution in [2.24, 2.45) is 0 Å². The molecular weight excluding hydrogens is 210 g/mol. The lowest BCUT2D eigenvalue weighted by molar-refractivity contribution is 0.0757. The van der Waals surface area contributed by atoms with Crippen molar-refractivity contribution in [3.63, 3.8) is 0 Å². The largest absolute Gasteiger partial charge is 0.339 e. The van der Waals surface area contributed by atoms with Gasteiger partial charge in [-0.3, -0.25) is 4.79 Å². The van der Waals surface area contributed by atoms with Gasteiger partial charge in [-0.05, 0) is 30.7 Å². The number of amides is 1. The predicted molar refractivity (Wildman–Crippen MR) is 71.2 cm³/mol. The Bertz CT molecular complexity index is 540. The SMILES string of the molecule is CC(C)N(C)C(=O)c1cccc2ccccc12. The van der Waals surface area contributed by atoms with E-state index in [0.717, 1.165) is 16.3 Å². The summed E-state index contributed by atoms with van der Waals surface area (Å²) in [5.41, 5.74) is 0.777. The third-order valence-electron chi connectivity index (χ3n) is 3.11. The molecule has 2 aromatic rings. The number of nitrogens with zero attached hydrogens (tertiary/aromatic N) is 1. The van der Waals surface area contributed by atoms with Gasteiger partial charge in [-0.15, -0.1) is 0 Å². The fourth-order valence-corrected chi connectivity index (χ4v) is 1.84. The Morgan fingerprint density at radius 2 is 1.71 bits per heavy atom. The summed E-state index contributed by atoms with van der Waals surface area (Å²) in [5, 5.41) is 2.13. The lowest BCUT2D eigenvalue weighted by Gasteiger charge is -2.22. The number of carbonyl (C=O) groups excluding carboxylic acids is 1. The molecule has 0 N–H and O–H groups in total. The minimum atomic E-state index is 0.0804. The quantitative estimate of drug-likeness (QED) is 0.770. The van der Waals surface area contributed by atoms with Crippen LogP contribution in [0.4, 0.5) is 0 Å². The molecule has 0 aromatic heterocycles. The average Bonchev–Trinajstić information content (AvgIpc) is 2.36. The molecular formula is C15H17NO. The Hall–Kier alpha value is -1.83. The lowest BCUT2D eigenvalue weighted by Crippen LogP contribution is -2.33. The molecule has 88 valence electrons. The molecule has 0 saturated heterocycles. The van der Waals surface area contributed by atoms with Crippen molar-refractivity contribution in [1.29, 1.82) is 0 Å². The summed E-state index contributed by atoms with van der Waals surface area (Å²) in [4.78, 5) is 14.1. The highest BCUT2D eigenvalue weighted by Crippen LogP contribution is 2.20. The monoisotopic (exact) mass is 227 g/mol. The van der Waals surface area contributed by atoms with Crippen molar-refractivity contribution in [3.8, 4) is 0 Å². The van der Waals surface area contributed by atoms with Gasteiger partial charge in [0.15, 0.2) is 0 Å². The molecule has 2 aromatic carbocycles. The summed E-state index contributed by atoms with van der Waals surface area (Å²) < 4.78 is 0. The van der Waals surface area contributed by atoms with Crippen molar-refractivity contribution in [2.75, 3.05) is 7.05 Å². The Labute approximate surface area is 102 Å². The van der Waals surface area contributed by atoms with Crippen LogP contribution < -0.4 is 0 Å². The van der Waals surface area contributed by atoms with Crippen LogP contribution in [0.25, 0.3) is 10.8 Å². The molecule has 0 unspecified atom stereocenters. The summed E-state index contributed by atoms with van der Waals surface area (Å²) >= 11 is 0. The van der Waals surface area contributed by atoms with Crippen LogP contribution in [0.2, 0.25) is 0 Å². The molecule has 2 nitrogen and oxygen atoms in total. The smallest absolute Gasteiger partial charge is 0.254 e. The predicted octanol–water partition coefficient (Wildman–Crippen LogP) is 3.32. The molecule has 2 rings (SSSR count). The third kappa shape index (κ3) is 2.16. The number of rotatable bonds is 2. The minimum absolute atomic E-state index is 0.0804. The topological polar surface area (TPSA) is 20.3 Å². The van der Waals surface area contributed by atoms with Gasteiger partial charge in [0.25, 0.3) is 5.91 Å². The normalized spacial score (nSPS) is 10.8. The van der Waals surface area contributed by atoms with Gasteiger partial charge >= 0.3 is 0 Å². The highest BCUT2D eigenvalue weighted by Gasteiger charge is 2.16.